The van der Waals surface area contributed by atoms with Gasteiger partial charge < -0.3 is 10.3 Å². The Bertz CT molecular complexity index is 98.6. The summed E-state index contributed by atoms with van der Waals surface area (Å²) in [6.45, 7) is 0. The third-order valence-corrected chi connectivity index (χ3v) is 2.26. The van der Waals surface area contributed by atoms with E-state index in [-0.39, 0.29) is 0 Å². The lowest BCUT2D eigenvalue weighted by molar-refractivity contribution is 0.546. The van der Waals surface area contributed by atoms with Crippen molar-refractivity contribution >= 4 is 22.8 Å². The molecule has 0 amide bonds. The van der Waals surface area contributed by atoms with Gasteiger partial charge in [0, 0.05) is 0 Å². The molecule has 3 nitrogen and oxygen atoms in total. The quantitative estimate of drug-likeness (QED) is 0.592. The van der Waals surface area contributed by atoms with Gasteiger partial charge in [0.15, 0.2) is 11.1 Å². The molecule has 2 atom stereocenters. The van der Waals surface area contributed by atoms with E-state index in [1.54, 1.807) is 11.8 Å². The maximum atomic E-state index is 10.2. The molecule has 0 aromatic carbocycles. The minimum atomic E-state index is -1.85. The number of rotatable bonds is 4. The lowest BCUT2D eigenvalue weighted by Crippen LogP contribution is -2.25. The van der Waals surface area contributed by atoms with Gasteiger partial charge in [-0.15, -0.1) is 0 Å². The summed E-state index contributed by atoms with van der Waals surface area (Å²) in [6.07, 6.45) is 2.54. The molecule has 0 saturated carbocycles. The smallest absolute Gasteiger partial charge is 0.170 e. The first-order valence-corrected chi connectivity index (χ1v) is 5.09. The Morgan fingerprint density at radius 3 is 2.78 bits per heavy atom. The summed E-state index contributed by atoms with van der Waals surface area (Å²) in [5.41, 5.74) is 5.24. The van der Waals surface area contributed by atoms with Crippen molar-refractivity contribution in [2.45, 2.75) is 11.8 Å². The van der Waals surface area contributed by atoms with Crippen LogP contribution in [0.15, 0.2) is 0 Å². The van der Waals surface area contributed by atoms with Gasteiger partial charge in [0.25, 0.3) is 0 Å². The van der Waals surface area contributed by atoms with E-state index in [1.807, 2.05) is 6.26 Å². The van der Waals surface area contributed by atoms with Gasteiger partial charge in [0.1, 0.15) is 5.37 Å². The van der Waals surface area contributed by atoms with E-state index in [4.69, 9.17) is 10.3 Å². The highest BCUT2D eigenvalue weighted by molar-refractivity contribution is 7.98. The third kappa shape index (κ3) is 4.90. The van der Waals surface area contributed by atoms with Gasteiger partial charge in [0.05, 0.1) is 0 Å². The van der Waals surface area contributed by atoms with Crippen LogP contribution in [-0.4, -0.2) is 26.1 Å². The van der Waals surface area contributed by atoms with Crippen LogP contribution in [0.25, 0.3) is 0 Å². The maximum Gasteiger partial charge on any atom is 0.170 e. The van der Waals surface area contributed by atoms with Crippen molar-refractivity contribution < 1.29 is 8.76 Å². The van der Waals surface area contributed by atoms with E-state index in [0.29, 0.717) is 6.42 Å². The summed E-state index contributed by atoms with van der Waals surface area (Å²) in [5, 5.41) is -0.572. The first-order chi connectivity index (χ1) is 4.18. The molecule has 0 saturated heterocycles. The fourth-order valence-electron chi connectivity index (χ4n) is 0.335. The van der Waals surface area contributed by atoms with E-state index < -0.39 is 16.5 Å². The maximum absolute atomic E-state index is 10.2. The zero-order valence-electron chi connectivity index (χ0n) is 5.24. The fraction of sp³-hybridized carbons (Fsp3) is 1.00. The minimum absolute atomic E-state index is 0.572. The number of nitrogens with two attached hydrogens (primary N) is 1. The second kappa shape index (κ2) is 5.22. The normalized spacial score (nSPS) is 17.2. The van der Waals surface area contributed by atoms with Crippen molar-refractivity contribution in [3.8, 4) is 0 Å². The molecule has 2 unspecified atom stereocenters. The van der Waals surface area contributed by atoms with Crippen LogP contribution in [-0.2, 0) is 11.1 Å². The van der Waals surface area contributed by atoms with Gasteiger partial charge in [-0.25, -0.2) is 4.21 Å². The van der Waals surface area contributed by atoms with Crippen molar-refractivity contribution in [2.24, 2.45) is 5.73 Å². The Kier molecular flexibility index (Phi) is 5.47. The molecular weight excluding hydrogens is 158 g/mol. The van der Waals surface area contributed by atoms with E-state index in [2.05, 4.69) is 0 Å². The van der Waals surface area contributed by atoms with E-state index in [0.717, 1.165) is 5.75 Å². The zero-order valence-corrected chi connectivity index (χ0v) is 6.87. The highest BCUT2D eigenvalue weighted by Crippen LogP contribution is 1.99. The summed E-state index contributed by atoms with van der Waals surface area (Å²) >= 11 is -0.226. The Morgan fingerprint density at radius 1 is 1.89 bits per heavy atom. The Morgan fingerprint density at radius 2 is 2.44 bits per heavy atom. The van der Waals surface area contributed by atoms with Gasteiger partial charge >= 0.3 is 0 Å². The molecule has 0 rings (SSSR count). The molecule has 9 heavy (non-hydrogen) atoms. The highest BCUT2D eigenvalue weighted by Gasteiger charge is 2.06. The fourth-order valence-corrected chi connectivity index (χ4v) is 1.29. The minimum Gasteiger partial charge on any atom is -0.315 e. The molecular formula is C4H11NO2S2. The monoisotopic (exact) mass is 169 g/mol. The SMILES string of the molecule is CSCCC(N)S(=O)O. The van der Waals surface area contributed by atoms with Crippen LogP contribution >= 0.6 is 11.8 Å². The van der Waals surface area contributed by atoms with Crippen molar-refractivity contribution in [1.82, 2.24) is 0 Å². The molecule has 0 aromatic rings. The average Bonchev–Trinajstić information content (AvgIpc) is 1.82. The summed E-state index contributed by atoms with van der Waals surface area (Å²) in [6, 6.07) is 0. The highest BCUT2D eigenvalue weighted by atomic mass is 32.2. The summed E-state index contributed by atoms with van der Waals surface area (Å²) in [4.78, 5) is 0. The van der Waals surface area contributed by atoms with Gasteiger partial charge in [-0.05, 0) is 18.4 Å². The first kappa shape index (κ1) is 9.42. The van der Waals surface area contributed by atoms with Crippen LogP contribution in [0.3, 0.4) is 0 Å². The molecule has 5 heteroatoms. The lowest BCUT2D eigenvalue weighted by atomic mass is 10.5. The van der Waals surface area contributed by atoms with Gasteiger partial charge in [-0.2, -0.15) is 11.8 Å². The van der Waals surface area contributed by atoms with Crippen LogP contribution in [0.4, 0.5) is 0 Å². The second-order valence-corrected chi connectivity index (χ2v) is 3.74. The Balaban J connectivity index is 3.27. The summed E-state index contributed by atoms with van der Waals surface area (Å²) < 4.78 is 18.6. The van der Waals surface area contributed by atoms with Gasteiger partial charge in [-0.3, -0.25) is 0 Å². The summed E-state index contributed by atoms with van der Waals surface area (Å²) in [5.74, 6) is 0.841. The standard InChI is InChI=1S/C4H11NO2S2/c1-8-3-2-4(5)9(6)7/h4H,2-3,5H2,1H3,(H,6,7). The molecule has 0 aliphatic rings. The number of hydrogen-bond donors (Lipinski definition) is 2. The predicted octanol–water partition coefficient (Wildman–Crippen LogP) is 0.246. The van der Waals surface area contributed by atoms with E-state index in [9.17, 15) is 4.21 Å². The van der Waals surface area contributed by atoms with Crippen molar-refractivity contribution in [1.29, 1.82) is 0 Å². The molecule has 0 spiro atoms. The van der Waals surface area contributed by atoms with Crippen molar-refractivity contribution in [3.63, 3.8) is 0 Å². The van der Waals surface area contributed by atoms with Crippen LogP contribution in [0, 0.1) is 0 Å². The first-order valence-electron chi connectivity index (χ1n) is 2.52. The molecule has 0 bridgehead atoms. The Hall–Kier alpha value is 0.420. The summed E-state index contributed by atoms with van der Waals surface area (Å²) in [7, 11) is 0. The average molecular weight is 169 g/mol. The number of thioether (sulfide) groups is 1. The van der Waals surface area contributed by atoms with E-state index in [1.165, 1.54) is 0 Å². The lowest BCUT2D eigenvalue weighted by Gasteiger charge is -2.03. The van der Waals surface area contributed by atoms with Gasteiger partial charge in [-0.1, -0.05) is 0 Å². The molecule has 0 fully saturated rings. The van der Waals surface area contributed by atoms with Crippen LogP contribution < -0.4 is 5.73 Å². The van der Waals surface area contributed by atoms with Crippen LogP contribution in [0.1, 0.15) is 6.42 Å². The van der Waals surface area contributed by atoms with Gasteiger partial charge in [0.2, 0.25) is 0 Å². The largest absolute Gasteiger partial charge is 0.315 e. The van der Waals surface area contributed by atoms with Crippen LogP contribution in [0.5, 0.6) is 0 Å². The second-order valence-electron chi connectivity index (χ2n) is 1.60. The molecule has 0 aromatic heterocycles. The number of hydrogen-bond acceptors (Lipinski definition) is 3. The predicted molar refractivity (Wildman–Crippen MR) is 41.7 cm³/mol. The van der Waals surface area contributed by atoms with E-state index >= 15 is 0 Å². The molecule has 56 valence electrons. The van der Waals surface area contributed by atoms with Crippen molar-refractivity contribution in [3.05, 3.63) is 0 Å². The Labute approximate surface area is 61.7 Å². The zero-order chi connectivity index (χ0) is 7.28. The molecule has 3 N–H and O–H groups in total. The molecule has 0 aliphatic heterocycles. The van der Waals surface area contributed by atoms with Crippen molar-refractivity contribution in [2.75, 3.05) is 12.0 Å². The topological polar surface area (TPSA) is 63.3 Å². The molecule has 0 radical (unpaired) electrons. The van der Waals surface area contributed by atoms with Crippen LogP contribution in [0.2, 0.25) is 0 Å². The molecule has 0 heterocycles. The molecule has 0 aliphatic carbocycles. The third-order valence-electron chi connectivity index (χ3n) is 0.865.